The average Bonchev–Trinajstić information content (AvgIpc) is 2.95. The summed E-state index contributed by atoms with van der Waals surface area (Å²) in [4.78, 5) is 1.19. The number of ether oxygens (including phenoxy) is 1. The zero-order valence-electron chi connectivity index (χ0n) is 12.2. The van der Waals surface area contributed by atoms with Crippen LogP contribution in [0.2, 0.25) is 0 Å². The van der Waals surface area contributed by atoms with E-state index in [9.17, 15) is 0 Å². The second-order valence-corrected chi connectivity index (χ2v) is 5.36. The van der Waals surface area contributed by atoms with E-state index in [0.717, 1.165) is 30.9 Å². The summed E-state index contributed by atoms with van der Waals surface area (Å²) in [6.07, 6.45) is 1.93. The maximum absolute atomic E-state index is 5.62. The topological polar surface area (TPSA) is 47.0 Å². The lowest BCUT2D eigenvalue weighted by atomic mass is 10.0. The minimum atomic E-state index is 0.144. The predicted molar refractivity (Wildman–Crippen MR) is 82.4 cm³/mol. The molecule has 0 saturated carbocycles. The Balaban J connectivity index is 2.19. The SMILES string of the molecule is CCCOc1ccc(C(NC)c2snnc2CC)cc1. The lowest BCUT2D eigenvalue weighted by molar-refractivity contribution is 0.317. The maximum atomic E-state index is 5.62. The number of hydrogen-bond acceptors (Lipinski definition) is 5. The molecule has 0 aliphatic heterocycles. The van der Waals surface area contributed by atoms with Gasteiger partial charge >= 0.3 is 0 Å². The third-order valence-electron chi connectivity index (χ3n) is 3.16. The first-order valence-electron chi connectivity index (χ1n) is 7.01. The normalized spacial score (nSPS) is 12.3. The highest BCUT2D eigenvalue weighted by atomic mass is 32.1. The van der Waals surface area contributed by atoms with E-state index in [-0.39, 0.29) is 6.04 Å². The van der Waals surface area contributed by atoms with Gasteiger partial charge in [0.25, 0.3) is 0 Å². The monoisotopic (exact) mass is 291 g/mol. The van der Waals surface area contributed by atoms with E-state index in [1.165, 1.54) is 22.0 Å². The van der Waals surface area contributed by atoms with E-state index in [2.05, 4.69) is 40.9 Å². The van der Waals surface area contributed by atoms with Gasteiger partial charge in [-0.3, -0.25) is 0 Å². The summed E-state index contributed by atoms with van der Waals surface area (Å²) >= 11 is 1.46. The Morgan fingerprint density at radius 3 is 2.60 bits per heavy atom. The fourth-order valence-electron chi connectivity index (χ4n) is 2.11. The summed E-state index contributed by atoms with van der Waals surface area (Å²) < 4.78 is 9.69. The molecule has 2 rings (SSSR count). The van der Waals surface area contributed by atoms with Crippen molar-refractivity contribution in [2.24, 2.45) is 0 Å². The zero-order valence-corrected chi connectivity index (χ0v) is 13.0. The van der Waals surface area contributed by atoms with Crippen LogP contribution in [-0.2, 0) is 6.42 Å². The summed E-state index contributed by atoms with van der Waals surface area (Å²) in [6, 6.07) is 8.40. The minimum absolute atomic E-state index is 0.144. The molecular weight excluding hydrogens is 270 g/mol. The van der Waals surface area contributed by atoms with Crippen molar-refractivity contribution in [1.82, 2.24) is 14.9 Å². The Labute approximate surface area is 124 Å². The number of nitrogens with one attached hydrogen (secondary N) is 1. The Kier molecular flexibility index (Phi) is 5.49. The highest BCUT2D eigenvalue weighted by Gasteiger charge is 2.18. The molecule has 1 heterocycles. The summed E-state index contributed by atoms with van der Waals surface area (Å²) in [5.74, 6) is 0.920. The third kappa shape index (κ3) is 3.35. The van der Waals surface area contributed by atoms with Gasteiger partial charge in [0.15, 0.2) is 0 Å². The van der Waals surface area contributed by atoms with Crippen LogP contribution in [0.4, 0.5) is 0 Å². The molecule has 1 aromatic carbocycles. The molecule has 0 amide bonds. The largest absolute Gasteiger partial charge is 0.494 e. The molecule has 0 aliphatic carbocycles. The van der Waals surface area contributed by atoms with Gasteiger partial charge in [0.2, 0.25) is 0 Å². The maximum Gasteiger partial charge on any atom is 0.119 e. The molecule has 0 spiro atoms. The fourth-order valence-corrected chi connectivity index (χ4v) is 2.98. The van der Waals surface area contributed by atoms with E-state index < -0.39 is 0 Å². The average molecular weight is 291 g/mol. The zero-order chi connectivity index (χ0) is 14.4. The van der Waals surface area contributed by atoms with E-state index >= 15 is 0 Å². The molecule has 0 radical (unpaired) electrons. The standard InChI is InChI=1S/C15H21N3OS/c1-4-10-19-12-8-6-11(7-9-12)14(16-3)15-13(5-2)17-18-20-15/h6-9,14,16H,4-5,10H2,1-3H3. The van der Waals surface area contributed by atoms with Crippen LogP contribution in [-0.4, -0.2) is 23.2 Å². The highest BCUT2D eigenvalue weighted by Crippen LogP contribution is 2.28. The summed E-state index contributed by atoms with van der Waals surface area (Å²) in [7, 11) is 1.96. The van der Waals surface area contributed by atoms with E-state index in [1.807, 2.05) is 19.2 Å². The van der Waals surface area contributed by atoms with Crippen LogP contribution in [0.1, 0.15) is 42.4 Å². The number of benzene rings is 1. The minimum Gasteiger partial charge on any atom is -0.494 e. The fraction of sp³-hybridized carbons (Fsp3) is 0.467. The van der Waals surface area contributed by atoms with Gasteiger partial charge in [-0.25, -0.2) is 0 Å². The Morgan fingerprint density at radius 1 is 1.25 bits per heavy atom. The molecule has 0 saturated heterocycles. The van der Waals surface area contributed by atoms with E-state index in [4.69, 9.17) is 4.74 Å². The molecule has 4 nitrogen and oxygen atoms in total. The molecule has 1 aromatic heterocycles. The van der Waals surface area contributed by atoms with Crippen LogP contribution >= 0.6 is 11.5 Å². The molecular formula is C15H21N3OS. The first kappa shape index (κ1) is 14.9. The number of hydrogen-bond donors (Lipinski definition) is 1. The quantitative estimate of drug-likeness (QED) is 0.851. The van der Waals surface area contributed by atoms with Gasteiger partial charge in [-0.1, -0.05) is 30.5 Å². The van der Waals surface area contributed by atoms with Crippen LogP contribution in [0.5, 0.6) is 5.75 Å². The van der Waals surface area contributed by atoms with Crippen LogP contribution in [0, 0.1) is 0 Å². The molecule has 0 bridgehead atoms. The molecule has 1 unspecified atom stereocenters. The first-order chi connectivity index (χ1) is 9.80. The molecule has 0 aliphatic rings. The van der Waals surface area contributed by atoms with Gasteiger partial charge in [0, 0.05) is 0 Å². The van der Waals surface area contributed by atoms with Crippen LogP contribution < -0.4 is 10.1 Å². The molecule has 1 atom stereocenters. The van der Waals surface area contributed by atoms with Gasteiger partial charge < -0.3 is 10.1 Å². The smallest absolute Gasteiger partial charge is 0.119 e. The number of nitrogens with zero attached hydrogens (tertiary/aromatic N) is 2. The van der Waals surface area contributed by atoms with Crippen molar-refractivity contribution in [1.29, 1.82) is 0 Å². The Hall–Kier alpha value is -1.46. The second kappa shape index (κ2) is 7.36. The van der Waals surface area contributed by atoms with Gasteiger partial charge in [-0.2, -0.15) is 0 Å². The molecule has 2 aromatic rings. The molecule has 5 heteroatoms. The highest BCUT2D eigenvalue weighted by molar-refractivity contribution is 7.05. The lowest BCUT2D eigenvalue weighted by Crippen LogP contribution is -2.17. The van der Waals surface area contributed by atoms with Crippen molar-refractivity contribution in [3.05, 3.63) is 40.4 Å². The second-order valence-electron chi connectivity index (χ2n) is 4.58. The van der Waals surface area contributed by atoms with Crippen molar-refractivity contribution in [3.8, 4) is 5.75 Å². The number of aromatic nitrogens is 2. The third-order valence-corrected chi connectivity index (χ3v) is 3.99. The van der Waals surface area contributed by atoms with Crippen LogP contribution in [0.25, 0.3) is 0 Å². The van der Waals surface area contributed by atoms with Crippen molar-refractivity contribution in [2.45, 2.75) is 32.7 Å². The Morgan fingerprint density at radius 2 is 2.00 bits per heavy atom. The molecule has 20 heavy (non-hydrogen) atoms. The lowest BCUT2D eigenvalue weighted by Gasteiger charge is -2.16. The summed E-state index contributed by atoms with van der Waals surface area (Å²) in [5.41, 5.74) is 2.28. The van der Waals surface area contributed by atoms with Crippen molar-refractivity contribution in [3.63, 3.8) is 0 Å². The first-order valence-corrected chi connectivity index (χ1v) is 7.78. The van der Waals surface area contributed by atoms with Gasteiger partial charge in [0.1, 0.15) is 5.75 Å². The molecule has 108 valence electrons. The van der Waals surface area contributed by atoms with Gasteiger partial charge in [-0.15, -0.1) is 5.10 Å². The van der Waals surface area contributed by atoms with Gasteiger partial charge in [-0.05, 0) is 49.1 Å². The number of rotatable bonds is 7. The summed E-state index contributed by atoms with van der Waals surface area (Å²) in [5, 5.41) is 7.54. The number of aryl methyl sites for hydroxylation is 1. The predicted octanol–water partition coefficient (Wildman–Crippen LogP) is 3.20. The Bertz CT molecular complexity index is 524. The van der Waals surface area contributed by atoms with Crippen LogP contribution in [0.3, 0.4) is 0 Å². The van der Waals surface area contributed by atoms with Crippen LogP contribution in [0.15, 0.2) is 24.3 Å². The van der Waals surface area contributed by atoms with Crippen molar-refractivity contribution >= 4 is 11.5 Å². The van der Waals surface area contributed by atoms with Gasteiger partial charge in [0.05, 0.1) is 23.2 Å². The van der Waals surface area contributed by atoms with Crippen molar-refractivity contribution < 1.29 is 4.74 Å². The van der Waals surface area contributed by atoms with E-state index in [0.29, 0.717) is 0 Å². The van der Waals surface area contributed by atoms with Crippen molar-refractivity contribution in [2.75, 3.05) is 13.7 Å². The summed E-state index contributed by atoms with van der Waals surface area (Å²) in [6.45, 7) is 4.97. The molecule has 1 N–H and O–H groups in total. The molecule has 0 fully saturated rings. The van der Waals surface area contributed by atoms with E-state index in [1.54, 1.807) is 0 Å².